The third kappa shape index (κ3) is 5.28. The van der Waals surface area contributed by atoms with E-state index in [1.807, 2.05) is 0 Å². The van der Waals surface area contributed by atoms with Gasteiger partial charge in [0.1, 0.15) is 0 Å². The molecule has 0 bridgehead atoms. The first-order valence-corrected chi connectivity index (χ1v) is 4.37. The minimum atomic E-state index is -3.19. The highest BCUT2D eigenvalue weighted by Crippen LogP contribution is 1.83. The molecule has 10 heavy (non-hydrogen) atoms. The summed E-state index contributed by atoms with van der Waals surface area (Å²) in [6.07, 6.45) is 1.03. The van der Waals surface area contributed by atoms with Crippen LogP contribution in [0, 0.1) is 11.3 Å². The molecule has 0 fully saturated rings. The number of hydrogen-bond donors (Lipinski definition) is 1. The molecule has 0 aliphatic carbocycles. The van der Waals surface area contributed by atoms with Gasteiger partial charge < -0.3 is 0 Å². The second-order valence-electron chi connectivity index (χ2n) is 1.81. The Morgan fingerprint density at radius 3 is 2.60 bits per heavy atom. The van der Waals surface area contributed by atoms with Crippen molar-refractivity contribution in [2.75, 3.05) is 12.8 Å². The highest BCUT2D eigenvalue weighted by molar-refractivity contribution is 7.88. The van der Waals surface area contributed by atoms with Gasteiger partial charge in [-0.25, -0.2) is 13.1 Å². The van der Waals surface area contributed by atoms with E-state index in [9.17, 15) is 8.42 Å². The molecule has 0 aromatic carbocycles. The van der Waals surface area contributed by atoms with Gasteiger partial charge in [0.2, 0.25) is 10.0 Å². The molecule has 0 aliphatic heterocycles. The fourth-order valence-corrected chi connectivity index (χ4v) is 0.694. The average Bonchev–Trinajstić information content (AvgIpc) is 1.81. The Hall–Kier alpha value is -0.860. The Kier molecular flexibility index (Phi) is 3.06. The van der Waals surface area contributed by atoms with Crippen LogP contribution in [0.5, 0.6) is 0 Å². The van der Waals surface area contributed by atoms with E-state index in [2.05, 4.69) is 11.3 Å². The lowest BCUT2D eigenvalue weighted by Gasteiger charge is -1.96. The first-order valence-electron chi connectivity index (χ1n) is 2.48. The second-order valence-corrected chi connectivity index (χ2v) is 3.64. The minimum Gasteiger partial charge on any atom is -0.213 e. The lowest BCUT2D eigenvalue weighted by atomic mass is 10.4. The SMILES string of the molecule is C=C(C#N)CNS(C)(=O)=O. The van der Waals surface area contributed by atoms with Crippen molar-refractivity contribution in [2.45, 2.75) is 0 Å². The van der Waals surface area contributed by atoms with Gasteiger partial charge in [0.15, 0.2) is 0 Å². The molecule has 0 spiro atoms. The van der Waals surface area contributed by atoms with Crippen LogP contribution in [0.2, 0.25) is 0 Å². The lowest BCUT2D eigenvalue weighted by molar-refractivity contribution is 0.591. The van der Waals surface area contributed by atoms with Crippen LogP contribution >= 0.6 is 0 Å². The molecule has 0 aromatic rings. The molecule has 1 N–H and O–H groups in total. The van der Waals surface area contributed by atoms with E-state index in [0.29, 0.717) is 0 Å². The summed E-state index contributed by atoms with van der Waals surface area (Å²) >= 11 is 0. The fraction of sp³-hybridized carbons (Fsp3) is 0.400. The molecule has 5 heteroatoms. The maximum atomic E-state index is 10.4. The number of rotatable bonds is 3. The molecule has 0 rings (SSSR count). The molecule has 0 aromatic heterocycles. The van der Waals surface area contributed by atoms with E-state index < -0.39 is 10.0 Å². The van der Waals surface area contributed by atoms with Gasteiger partial charge in [0.25, 0.3) is 0 Å². The summed E-state index contributed by atoms with van der Waals surface area (Å²) in [6.45, 7) is 3.28. The van der Waals surface area contributed by atoms with Crippen molar-refractivity contribution >= 4 is 10.0 Å². The molecule has 0 radical (unpaired) electrons. The largest absolute Gasteiger partial charge is 0.213 e. The first kappa shape index (κ1) is 9.14. The Bertz CT molecular complexity index is 260. The van der Waals surface area contributed by atoms with Crippen molar-refractivity contribution in [1.82, 2.24) is 4.72 Å². The average molecular weight is 160 g/mol. The van der Waals surface area contributed by atoms with Gasteiger partial charge in [-0.2, -0.15) is 5.26 Å². The van der Waals surface area contributed by atoms with Crippen LogP contribution in [0.15, 0.2) is 12.2 Å². The molecule has 0 unspecified atom stereocenters. The van der Waals surface area contributed by atoms with Gasteiger partial charge in [0.05, 0.1) is 12.3 Å². The second kappa shape index (κ2) is 3.34. The smallest absolute Gasteiger partial charge is 0.209 e. The van der Waals surface area contributed by atoms with Gasteiger partial charge in [-0.1, -0.05) is 6.58 Å². The van der Waals surface area contributed by atoms with E-state index in [4.69, 9.17) is 5.26 Å². The van der Waals surface area contributed by atoms with E-state index in [1.54, 1.807) is 6.07 Å². The zero-order valence-corrected chi connectivity index (χ0v) is 6.40. The van der Waals surface area contributed by atoms with Crippen molar-refractivity contribution < 1.29 is 8.42 Å². The Morgan fingerprint density at radius 2 is 2.30 bits per heavy atom. The predicted octanol–water partition coefficient (Wildman–Crippen LogP) is -0.385. The summed E-state index contributed by atoms with van der Waals surface area (Å²) < 4.78 is 22.9. The van der Waals surface area contributed by atoms with Crippen molar-refractivity contribution in [1.29, 1.82) is 5.26 Å². The zero-order valence-electron chi connectivity index (χ0n) is 5.59. The van der Waals surface area contributed by atoms with Crippen LogP contribution in [0.1, 0.15) is 0 Å². The summed E-state index contributed by atoms with van der Waals surface area (Å²) in [6, 6.07) is 1.72. The lowest BCUT2D eigenvalue weighted by Crippen LogP contribution is -2.23. The van der Waals surface area contributed by atoms with Crippen LogP contribution in [-0.4, -0.2) is 21.2 Å². The molecular weight excluding hydrogens is 152 g/mol. The maximum Gasteiger partial charge on any atom is 0.209 e. The number of sulfonamides is 1. The van der Waals surface area contributed by atoms with Crippen LogP contribution in [0.4, 0.5) is 0 Å². The third-order valence-corrected chi connectivity index (χ3v) is 1.37. The highest BCUT2D eigenvalue weighted by Gasteiger charge is 1.99. The van der Waals surface area contributed by atoms with E-state index in [1.165, 1.54) is 0 Å². The molecule has 0 amide bonds. The zero-order chi connectivity index (χ0) is 8.20. The van der Waals surface area contributed by atoms with Crippen molar-refractivity contribution in [3.05, 3.63) is 12.2 Å². The van der Waals surface area contributed by atoms with Crippen LogP contribution in [0.25, 0.3) is 0 Å². The van der Waals surface area contributed by atoms with Gasteiger partial charge in [-0.05, 0) is 0 Å². The molecule has 0 saturated heterocycles. The van der Waals surface area contributed by atoms with E-state index in [0.717, 1.165) is 6.26 Å². The molecule has 0 heterocycles. The summed E-state index contributed by atoms with van der Waals surface area (Å²) in [7, 11) is -3.19. The van der Waals surface area contributed by atoms with Crippen LogP contribution in [-0.2, 0) is 10.0 Å². The molecule has 0 aliphatic rings. The molecule has 0 saturated carbocycles. The third-order valence-electron chi connectivity index (χ3n) is 0.706. The molecular formula is C5H8N2O2S. The Morgan fingerprint density at radius 1 is 1.80 bits per heavy atom. The van der Waals surface area contributed by atoms with Crippen molar-refractivity contribution in [3.8, 4) is 6.07 Å². The molecule has 56 valence electrons. The highest BCUT2D eigenvalue weighted by atomic mass is 32.2. The van der Waals surface area contributed by atoms with Gasteiger partial charge >= 0.3 is 0 Å². The van der Waals surface area contributed by atoms with Gasteiger partial charge in [-0.15, -0.1) is 0 Å². The summed E-state index contributed by atoms with van der Waals surface area (Å²) in [5, 5.41) is 8.15. The minimum absolute atomic E-state index is 0.00463. The molecule has 4 nitrogen and oxygen atoms in total. The van der Waals surface area contributed by atoms with Crippen LogP contribution in [0.3, 0.4) is 0 Å². The number of hydrogen-bond acceptors (Lipinski definition) is 3. The summed E-state index contributed by atoms with van der Waals surface area (Å²) in [4.78, 5) is 0. The van der Waals surface area contributed by atoms with E-state index in [-0.39, 0.29) is 12.1 Å². The monoisotopic (exact) mass is 160 g/mol. The topological polar surface area (TPSA) is 70.0 Å². The summed E-state index contributed by atoms with van der Waals surface area (Å²) in [5.74, 6) is 0. The standard InChI is InChI=1S/C5H8N2O2S/c1-5(3-6)4-7-10(2,8)9/h7H,1,4H2,2H3. The quantitative estimate of drug-likeness (QED) is 0.572. The summed E-state index contributed by atoms with van der Waals surface area (Å²) in [5.41, 5.74) is 0.199. The predicted molar refractivity (Wildman–Crippen MR) is 37.6 cm³/mol. The fourth-order valence-electron chi connectivity index (χ4n) is 0.258. The van der Waals surface area contributed by atoms with Crippen LogP contribution < -0.4 is 4.72 Å². The Labute approximate surface area is 60.2 Å². The normalized spacial score (nSPS) is 10.4. The van der Waals surface area contributed by atoms with Crippen molar-refractivity contribution in [2.24, 2.45) is 0 Å². The maximum absolute atomic E-state index is 10.4. The number of nitrogens with one attached hydrogen (secondary N) is 1. The van der Waals surface area contributed by atoms with Crippen molar-refractivity contribution in [3.63, 3.8) is 0 Å². The first-order chi connectivity index (χ1) is 4.45. The van der Waals surface area contributed by atoms with Gasteiger partial charge in [-0.3, -0.25) is 0 Å². The Balaban J connectivity index is 3.82. The molecule has 0 atom stereocenters. The van der Waals surface area contributed by atoms with Gasteiger partial charge in [0, 0.05) is 12.1 Å². The number of nitrogens with zero attached hydrogens (tertiary/aromatic N) is 1. The number of nitriles is 1. The van der Waals surface area contributed by atoms with E-state index >= 15 is 0 Å².